The van der Waals surface area contributed by atoms with E-state index in [0.29, 0.717) is 0 Å². The Labute approximate surface area is 108 Å². The van der Waals surface area contributed by atoms with Gasteiger partial charge in [-0.3, -0.25) is 0 Å². The van der Waals surface area contributed by atoms with Crippen LogP contribution in [0.1, 0.15) is 17.5 Å². The quantitative estimate of drug-likeness (QED) is 0.843. The number of rotatable bonds is 3. The van der Waals surface area contributed by atoms with Crippen LogP contribution in [0, 0.1) is 0 Å². The molecule has 1 heteroatoms. The Kier molecular flexibility index (Phi) is 3.14. The Morgan fingerprint density at radius 2 is 1.61 bits per heavy atom. The normalized spacial score (nSPS) is 13.4. The molecule has 0 aromatic heterocycles. The van der Waals surface area contributed by atoms with Crippen LogP contribution in [0.4, 0.5) is 5.69 Å². The minimum atomic E-state index is 0.946. The standard InChI is InChI=1S/C17H17N/c1-2-6-14(7-3-1)10-11-15-12-13-18-17-9-5-4-8-16(15)17/h1-9,12,18H,10-11,13H2. The van der Waals surface area contributed by atoms with E-state index >= 15 is 0 Å². The lowest BCUT2D eigenvalue weighted by Gasteiger charge is -2.19. The molecular weight excluding hydrogens is 218 g/mol. The molecule has 0 unspecified atom stereocenters. The van der Waals surface area contributed by atoms with Crippen LogP contribution in [0.25, 0.3) is 5.57 Å². The number of allylic oxidation sites excluding steroid dienone is 1. The van der Waals surface area contributed by atoms with Crippen LogP contribution in [0.2, 0.25) is 0 Å². The van der Waals surface area contributed by atoms with Crippen LogP contribution < -0.4 is 5.32 Å². The molecule has 0 radical (unpaired) electrons. The number of anilines is 1. The van der Waals surface area contributed by atoms with Crippen molar-refractivity contribution < 1.29 is 0 Å². The summed E-state index contributed by atoms with van der Waals surface area (Å²) in [6.45, 7) is 0.946. The summed E-state index contributed by atoms with van der Waals surface area (Å²) >= 11 is 0. The molecule has 18 heavy (non-hydrogen) atoms. The van der Waals surface area contributed by atoms with E-state index in [1.807, 2.05) is 0 Å². The smallest absolute Gasteiger partial charge is 0.0418 e. The monoisotopic (exact) mass is 235 g/mol. The number of para-hydroxylation sites is 1. The van der Waals surface area contributed by atoms with Gasteiger partial charge in [-0.05, 0) is 30.0 Å². The van der Waals surface area contributed by atoms with Gasteiger partial charge in [0, 0.05) is 17.8 Å². The zero-order chi connectivity index (χ0) is 12.2. The van der Waals surface area contributed by atoms with Crippen molar-refractivity contribution in [2.24, 2.45) is 0 Å². The van der Waals surface area contributed by atoms with E-state index in [9.17, 15) is 0 Å². The summed E-state index contributed by atoms with van der Waals surface area (Å²) < 4.78 is 0. The third kappa shape index (κ3) is 2.30. The lowest BCUT2D eigenvalue weighted by Crippen LogP contribution is -2.08. The van der Waals surface area contributed by atoms with Crippen molar-refractivity contribution >= 4 is 11.3 Å². The van der Waals surface area contributed by atoms with Crippen molar-refractivity contribution in [3.05, 3.63) is 71.8 Å². The SMILES string of the molecule is C1=C(CCc2ccccc2)c2ccccc2NC1. The number of aryl methyl sites for hydroxylation is 1. The summed E-state index contributed by atoms with van der Waals surface area (Å²) in [7, 11) is 0. The fraction of sp³-hybridized carbons (Fsp3) is 0.176. The second kappa shape index (κ2) is 5.09. The van der Waals surface area contributed by atoms with Gasteiger partial charge >= 0.3 is 0 Å². The van der Waals surface area contributed by atoms with Crippen molar-refractivity contribution in [2.75, 3.05) is 11.9 Å². The van der Waals surface area contributed by atoms with Gasteiger partial charge < -0.3 is 5.32 Å². The molecule has 0 atom stereocenters. The van der Waals surface area contributed by atoms with Gasteiger partial charge in [0.25, 0.3) is 0 Å². The van der Waals surface area contributed by atoms with Crippen molar-refractivity contribution in [2.45, 2.75) is 12.8 Å². The molecule has 1 heterocycles. The van der Waals surface area contributed by atoms with Crippen LogP contribution in [0.15, 0.2) is 60.7 Å². The summed E-state index contributed by atoms with van der Waals surface area (Å²) in [6, 6.07) is 19.3. The molecule has 0 spiro atoms. The molecule has 2 aromatic carbocycles. The second-order valence-corrected chi connectivity index (χ2v) is 4.64. The largest absolute Gasteiger partial charge is 0.381 e. The molecule has 3 rings (SSSR count). The van der Waals surface area contributed by atoms with Crippen molar-refractivity contribution in [3.63, 3.8) is 0 Å². The Morgan fingerprint density at radius 1 is 0.833 bits per heavy atom. The predicted octanol–water partition coefficient (Wildman–Crippen LogP) is 4.13. The number of benzene rings is 2. The fourth-order valence-electron chi connectivity index (χ4n) is 2.47. The molecule has 0 saturated heterocycles. The third-order valence-corrected chi connectivity index (χ3v) is 3.44. The van der Waals surface area contributed by atoms with Crippen LogP contribution in [-0.2, 0) is 6.42 Å². The van der Waals surface area contributed by atoms with Crippen LogP contribution in [0.3, 0.4) is 0 Å². The van der Waals surface area contributed by atoms with Crippen LogP contribution in [0.5, 0.6) is 0 Å². The van der Waals surface area contributed by atoms with Crippen molar-refractivity contribution in [1.29, 1.82) is 0 Å². The van der Waals surface area contributed by atoms with Gasteiger partial charge in [-0.1, -0.05) is 54.6 Å². The van der Waals surface area contributed by atoms with E-state index in [0.717, 1.165) is 19.4 Å². The van der Waals surface area contributed by atoms with Crippen molar-refractivity contribution in [3.8, 4) is 0 Å². The van der Waals surface area contributed by atoms with Crippen molar-refractivity contribution in [1.82, 2.24) is 0 Å². The Balaban J connectivity index is 1.76. The van der Waals surface area contributed by atoms with Crippen LogP contribution in [-0.4, -0.2) is 6.54 Å². The molecule has 1 nitrogen and oxygen atoms in total. The number of hydrogen-bond acceptors (Lipinski definition) is 1. The lowest BCUT2D eigenvalue weighted by atomic mass is 9.95. The average molecular weight is 235 g/mol. The molecule has 2 aromatic rings. The van der Waals surface area contributed by atoms with E-state index in [-0.39, 0.29) is 0 Å². The van der Waals surface area contributed by atoms with Gasteiger partial charge in [0.2, 0.25) is 0 Å². The maximum Gasteiger partial charge on any atom is 0.0418 e. The zero-order valence-electron chi connectivity index (χ0n) is 10.4. The summed E-state index contributed by atoms with van der Waals surface area (Å²) in [5, 5.41) is 3.41. The maximum atomic E-state index is 3.41. The zero-order valence-corrected chi connectivity index (χ0v) is 10.4. The first-order valence-corrected chi connectivity index (χ1v) is 6.50. The first-order chi connectivity index (χ1) is 8.93. The first-order valence-electron chi connectivity index (χ1n) is 6.50. The Bertz CT molecular complexity index is 555. The van der Waals surface area contributed by atoms with E-state index < -0.39 is 0 Å². The molecule has 1 N–H and O–H groups in total. The number of hydrogen-bond donors (Lipinski definition) is 1. The molecule has 0 fully saturated rings. The highest BCUT2D eigenvalue weighted by atomic mass is 14.9. The second-order valence-electron chi connectivity index (χ2n) is 4.64. The minimum absolute atomic E-state index is 0.946. The van der Waals surface area contributed by atoms with Gasteiger partial charge in [0.1, 0.15) is 0 Å². The van der Waals surface area contributed by atoms with Gasteiger partial charge in [-0.2, -0.15) is 0 Å². The van der Waals surface area contributed by atoms with E-state index in [2.05, 4.69) is 66.0 Å². The summed E-state index contributed by atoms with van der Waals surface area (Å²) in [6.07, 6.45) is 4.54. The highest BCUT2D eigenvalue weighted by Gasteiger charge is 2.10. The van der Waals surface area contributed by atoms with E-state index in [4.69, 9.17) is 0 Å². The molecular formula is C17H17N. The van der Waals surface area contributed by atoms with Gasteiger partial charge in [0.15, 0.2) is 0 Å². The molecule has 1 aliphatic rings. The molecule has 0 bridgehead atoms. The fourth-order valence-corrected chi connectivity index (χ4v) is 2.47. The molecule has 1 aliphatic heterocycles. The van der Waals surface area contributed by atoms with Crippen LogP contribution >= 0.6 is 0 Å². The average Bonchev–Trinajstić information content (AvgIpc) is 2.46. The summed E-state index contributed by atoms with van der Waals surface area (Å²) in [5.41, 5.74) is 5.50. The van der Waals surface area contributed by atoms with E-state index in [1.165, 1.54) is 22.4 Å². The maximum absolute atomic E-state index is 3.41. The Morgan fingerprint density at radius 3 is 2.50 bits per heavy atom. The molecule has 90 valence electrons. The lowest BCUT2D eigenvalue weighted by molar-refractivity contribution is 1.01. The molecule has 0 amide bonds. The predicted molar refractivity (Wildman–Crippen MR) is 77.7 cm³/mol. The number of nitrogens with one attached hydrogen (secondary N) is 1. The van der Waals surface area contributed by atoms with E-state index in [1.54, 1.807) is 0 Å². The third-order valence-electron chi connectivity index (χ3n) is 3.44. The summed E-state index contributed by atoms with van der Waals surface area (Å²) in [4.78, 5) is 0. The Hall–Kier alpha value is -2.02. The number of fused-ring (bicyclic) bond motifs is 1. The van der Waals surface area contributed by atoms with Gasteiger partial charge in [0.05, 0.1) is 0 Å². The first kappa shape index (κ1) is 11.1. The molecule has 0 saturated carbocycles. The summed E-state index contributed by atoms with van der Waals surface area (Å²) in [5.74, 6) is 0. The van der Waals surface area contributed by atoms with Gasteiger partial charge in [-0.15, -0.1) is 0 Å². The highest BCUT2D eigenvalue weighted by molar-refractivity contribution is 5.79. The topological polar surface area (TPSA) is 12.0 Å². The highest BCUT2D eigenvalue weighted by Crippen LogP contribution is 2.30. The van der Waals surface area contributed by atoms with Gasteiger partial charge in [-0.25, -0.2) is 0 Å². The minimum Gasteiger partial charge on any atom is -0.381 e. The molecule has 0 aliphatic carbocycles.